The molecule has 0 bridgehead atoms. The van der Waals surface area contributed by atoms with Gasteiger partial charge in [0.1, 0.15) is 18.7 Å². The van der Waals surface area contributed by atoms with Crippen LogP contribution in [0.15, 0.2) is 30.6 Å². The molecule has 7 nitrogen and oxygen atoms in total. The van der Waals surface area contributed by atoms with E-state index in [1.54, 1.807) is 19.1 Å². The molecule has 1 aromatic heterocycles. The molecule has 0 radical (unpaired) electrons. The predicted octanol–water partition coefficient (Wildman–Crippen LogP) is 4.07. The van der Waals surface area contributed by atoms with Gasteiger partial charge in [-0.05, 0) is 43.9 Å². The molecule has 3 rings (SSSR count). The lowest BCUT2D eigenvalue weighted by molar-refractivity contribution is -0.274. The van der Waals surface area contributed by atoms with Gasteiger partial charge >= 0.3 is 12.3 Å². The monoisotopic (exact) mass is 412 g/mol. The maximum atomic E-state index is 12.3. The van der Waals surface area contributed by atoms with Gasteiger partial charge in [0.15, 0.2) is 5.69 Å². The highest BCUT2D eigenvalue weighted by Crippen LogP contribution is 2.33. The summed E-state index contributed by atoms with van der Waals surface area (Å²) in [6.07, 6.45) is -1.83. The number of carboxylic acid groups (broad SMARTS) is 1. The van der Waals surface area contributed by atoms with Crippen molar-refractivity contribution in [2.24, 2.45) is 0 Å². The molecule has 2 heterocycles. The largest absolute Gasteiger partial charge is 0.573 e. The third-order valence-electron chi connectivity index (χ3n) is 4.48. The molecule has 1 fully saturated rings. The number of hydrogen-bond donors (Lipinski definition) is 1. The van der Waals surface area contributed by atoms with Crippen LogP contribution in [0.1, 0.15) is 47.0 Å². The molecule has 0 saturated carbocycles. The van der Waals surface area contributed by atoms with E-state index < -0.39 is 12.3 Å². The number of nitrogens with zero attached hydrogens (tertiary/aromatic N) is 2. The summed E-state index contributed by atoms with van der Waals surface area (Å²) in [6, 6.07) is 5.60. The van der Waals surface area contributed by atoms with Crippen molar-refractivity contribution < 1.29 is 37.3 Å². The number of carbonyl (C=O) groups is 1. The quantitative estimate of drug-likeness (QED) is 0.765. The molecule has 1 aliphatic heterocycles. The topological polar surface area (TPSA) is 90.8 Å². The molecule has 2 atom stereocenters. The Kier molecular flexibility index (Phi) is 6.21. The van der Waals surface area contributed by atoms with E-state index in [0.29, 0.717) is 5.56 Å². The summed E-state index contributed by atoms with van der Waals surface area (Å²) in [5, 5.41) is 9.11. The second-order valence-electron chi connectivity index (χ2n) is 6.56. The maximum Gasteiger partial charge on any atom is 0.573 e. The van der Waals surface area contributed by atoms with Gasteiger partial charge in [-0.1, -0.05) is 12.1 Å². The maximum absolute atomic E-state index is 12.3. The highest BCUT2D eigenvalue weighted by Gasteiger charge is 2.31. The summed E-state index contributed by atoms with van der Waals surface area (Å²) in [5.74, 6) is -1.27. The summed E-state index contributed by atoms with van der Waals surface area (Å²) in [5.41, 5.74) is 0.946. The van der Waals surface area contributed by atoms with Gasteiger partial charge in [0.05, 0.1) is 12.2 Å². The van der Waals surface area contributed by atoms with Crippen molar-refractivity contribution in [1.29, 1.82) is 0 Å². The number of benzene rings is 1. The molecular weight excluding hydrogens is 393 g/mol. The Morgan fingerprint density at radius 2 is 1.97 bits per heavy atom. The molecule has 1 N–H and O–H groups in total. The first-order valence-electron chi connectivity index (χ1n) is 8.92. The molecule has 1 saturated heterocycles. The normalized spacial score (nSPS) is 19.6. The average Bonchev–Trinajstić information content (AvgIpc) is 2.66. The van der Waals surface area contributed by atoms with Crippen LogP contribution in [0.4, 0.5) is 13.2 Å². The van der Waals surface area contributed by atoms with E-state index in [4.69, 9.17) is 14.6 Å². The third-order valence-corrected chi connectivity index (χ3v) is 4.48. The zero-order valence-corrected chi connectivity index (χ0v) is 15.5. The van der Waals surface area contributed by atoms with Crippen molar-refractivity contribution in [3.8, 4) is 11.6 Å². The third kappa shape index (κ3) is 5.57. The molecule has 156 valence electrons. The molecule has 0 amide bonds. The molecule has 29 heavy (non-hydrogen) atoms. The Bertz CT molecular complexity index is 858. The first-order chi connectivity index (χ1) is 13.7. The summed E-state index contributed by atoms with van der Waals surface area (Å²) in [6.45, 7) is 1.73. The number of alkyl halides is 3. The summed E-state index contributed by atoms with van der Waals surface area (Å²) in [4.78, 5) is 18.8. The lowest BCUT2D eigenvalue weighted by Crippen LogP contribution is -2.28. The van der Waals surface area contributed by atoms with Crippen molar-refractivity contribution in [2.45, 2.75) is 44.8 Å². The van der Waals surface area contributed by atoms with Gasteiger partial charge < -0.3 is 19.3 Å². The van der Waals surface area contributed by atoms with Crippen LogP contribution in [-0.2, 0) is 4.74 Å². The van der Waals surface area contributed by atoms with Crippen molar-refractivity contribution in [3.63, 3.8) is 0 Å². The highest BCUT2D eigenvalue weighted by molar-refractivity contribution is 5.87. The Balaban J connectivity index is 1.60. The SMILES string of the molecule is Cc1c(OCC2CCC[C@@H](c3ccc(OC(F)(F)F)cc3)O2)ncnc1C(=O)O. The van der Waals surface area contributed by atoms with Gasteiger partial charge in [-0.25, -0.2) is 14.8 Å². The van der Waals surface area contributed by atoms with Crippen LogP contribution >= 0.6 is 0 Å². The van der Waals surface area contributed by atoms with Crippen LogP contribution in [0.2, 0.25) is 0 Å². The highest BCUT2D eigenvalue weighted by atomic mass is 19.4. The molecule has 1 aromatic carbocycles. The predicted molar refractivity (Wildman–Crippen MR) is 93.8 cm³/mol. The lowest BCUT2D eigenvalue weighted by Gasteiger charge is -2.30. The van der Waals surface area contributed by atoms with Crippen LogP contribution in [0.3, 0.4) is 0 Å². The van der Waals surface area contributed by atoms with Crippen LogP contribution in [-0.4, -0.2) is 40.1 Å². The van der Waals surface area contributed by atoms with Gasteiger partial charge in [0.25, 0.3) is 0 Å². The fraction of sp³-hybridized carbons (Fsp3) is 0.421. The van der Waals surface area contributed by atoms with Gasteiger partial charge in [-0.15, -0.1) is 13.2 Å². The van der Waals surface area contributed by atoms with E-state index >= 15 is 0 Å². The first-order valence-corrected chi connectivity index (χ1v) is 8.92. The molecule has 10 heteroatoms. The van der Waals surface area contributed by atoms with Crippen LogP contribution in [0.5, 0.6) is 11.6 Å². The number of aromatic nitrogens is 2. The number of halogens is 3. The number of carboxylic acids is 1. The first kappa shape index (κ1) is 20.8. The Morgan fingerprint density at radius 1 is 1.24 bits per heavy atom. The fourth-order valence-corrected chi connectivity index (χ4v) is 3.12. The van der Waals surface area contributed by atoms with Crippen LogP contribution < -0.4 is 9.47 Å². The molecule has 1 unspecified atom stereocenters. The second-order valence-corrected chi connectivity index (χ2v) is 6.56. The molecule has 0 spiro atoms. The number of ether oxygens (including phenoxy) is 3. The van der Waals surface area contributed by atoms with E-state index in [-0.39, 0.29) is 36.1 Å². The molecule has 0 aliphatic carbocycles. The summed E-state index contributed by atoms with van der Waals surface area (Å²) < 4.78 is 52.3. The summed E-state index contributed by atoms with van der Waals surface area (Å²) in [7, 11) is 0. The minimum atomic E-state index is -4.73. The van der Waals surface area contributed by atoms with Crippen LogP contribution in [0, 0.1) is 6.92 Å². The van der Waals surface area contributed by atoms with E-state index in [2.05, 4.69) is 14.7 Å². The Labute approximate surface area is 164 Å². The van der Waals surface area contributed by atoms with Crippen molar-refractivity contribution in [1.82, 2.24) is 9.97 Å². The van der Waals surface area contributed by atoms with E-state index in [9.17, 15) is 18.0 Å². The summed E-state index contributed by atoms with van der Waals surface area (Å²) >= 11 is 0. The van der Waals surface area contributed by atoms with Crippen molar-refractivity contribution in [2.75, 3.05) is 6.61 Å². The number of aromatic carboxylic acids is 1. The zero-order chi connectivity index (χ0) is 21.0. The van der Waals surface area contributed by atoms with Crippen LogP contribution in [0.25, 0.3) is 0 Å². The zero-order valence-electron chi connectivity index (χ0n) is 15.5. The van der Waals surface area contributed by atoms with E-state index in [0.717, 1.165) is 31.2 Å². The Hall–Kier alpha value is -2.88. The van der Waals surface area contributed by atoms with Gasteiger partial charge in [0.2, 0.25) is 5.88 Å². The average molecular weight is 412 g/mol. The van der Waals surface area contributed by atoms with E-state index in [1.165, 1.54) is 12.1 Å². The number of rotatable bonds is 6. The minimum absolute atomic E-state index is 0.126. The smallest absolute Gasteiger partial charge is 0.476 e. The van der Waals surface area contributed by atoms with Gasteiger partial charge in [0, 0.05) is 5.56 Å². The van der Waals surface area contributed by atoms with Gasteiger partial charge in [-0.2, -0.15) is 0 Å². The molecule has 1 aliphatic rings. The lowest BCUT2D eigenvalue weighted by atomic mass is 9.98. The molecular formula is C19H19F3N2O5. The minimum Gasteiger partial charge on any atom is -0.476 e. The Morgan fingerprint density at radius 3 is 2.62 bits per heavy atom. The fourth-order valence-electron chi connectivity index (χ4n) is 3.12. The van der Waals surface area contributed by atoms with Crippen molar-refractivity contribution >= 4 is 5.97 Å². The second kappa shape index (κ2) is 8.64. The number of hydrogen-bond acceptors (Lipinski definition) is 6. The van der Waals surface area contributed by atoms with E-state index in [1.807, 2.05) is 0 Å². The molecule has 2 aromatic rings. The van der Waals surface area contributed by atoms with Gasteiger partial charge in [-0.3, -0.25) is 0 Å². The van der Waals surface area contributed by atoms with Crippen molar-refractivity contribution in [3.05, 3.63) is 47.4 Å². The standard InChI is InChI=1S/C19H19F3N2O5/c1-11-16(18(25)26)23-10-24-17(11)27-9-14-3-2-4-15(28-14)12-5-7-13(8-6-12)29-19(20,21)22/h5-8,10,14-15H,2-4,9H2,1H3,(H,25,26)/t14?,15-/m0/s1.